The van der Waals surface area contributed by atoms with E-state index in [0.717, 1.165) is 12.1 Å². The van der Waals surface area contributed by atoms with Crippen LogP contribution < -0.4 is 0 Å². The molecule has 2 nitrogen and oxygen atoms in total. The smallest absolute Gasteiger partial charge is 0.293 e. The molecule has 0 unspecified atom stereocenters. The first-order chi connectivity index (χ1) is 7.47. The van der Waals surface area contributed by atoms with Gasteiger partial charge in [0.2, 0.25) is 0 Å². The molecule has 0 saturated heterocycles. The SMILES string of the molecule is FC(F)(F)c1ccc(-c2nc(=S)s[nH]2)cc1. The van der Waals surface area contributed by atoms with E-state index >= 15 is 0 Å². The fourth-order valence-corrected chi connectivity index (χ4v) is 1.87. The van der Waals surface area contributed by atoms with E-state index < -0.39 is 11.7 Å². The van der Waals surface area contributed by atoms with Crippen molar-refractivity contribution in [2.75, 3.05) is 0 Å². The maximum atomic E-state index is 12.3. The number of aromatic amines is 1. The summed E-state index contributed by atoms with van der Waals surface area (Å²) in [7, 11) is 0. The van der Waals surface area contributed by atoms with E-state index in [9.17, 15) is 13.2 Å². The molecule has 1 aromatic carbocycles. The van der Waals surface area contributed by atoms with Crippen LogP contribution in [0.15, 0.2) is 24.3 Å². The van der Waals surface area contributed by atoms with Crippen LogP contribution in [-0.4, -0.2) is 9.36 Å². The van der Waals surface area contributed by atoms with Crippen LogP contribution in [0.25, 0.3) is 11.4 Å². The fourth-order valence-electron chi connectivity index (χ4n) is 1.17. The van der Waals surface area contributed by atoms with Gasteiger partial charge in [-0.1, -0.05) is 12.1 Å². The van der Waals surface area contributed by atoms with Gasteiger partial charge in [0.15, 0.2) is 3.95 Å². The molecule has 16 heavy (non-hydrogen) atoms. The first-order valence-electron chi connectivity index (χ1n) is 4.20. The van der Waals surface area contributed by atoms with Crippen molar-refractivity contribution in [1.82, 2.24) is 9.36 Å². The van der Waals surface area contributed by atoms with Crippen LogP contribution in [0.4, 0.5) is 13.2 Å². The highest BCUT2D eigenvalue weighted by Crippen LogP contribution is 2.30. The molecule has 1 N–H and O–H groups in total. The first-order valence-corrected chi connectivity index (χ1v) is 5.42. The van der Waals surface area contributed by atoms with Crippen molar-refractivity contribution in [3.63, 3.8) is 0 Å². The molecule has 7 heteroatoms. The van der Waals surface area contributed by atoms with Gasteiger partial charge in [-0.3, -0.25) is 4.37 Å². The molecule has 0 spiro atoms. The van der Waals surface area contributed by atoms with Gasteiger partial charge in [0, 0.05) is 5.56 Å². The van der Waals surface area contributed by atoms with Gasteiger partial charge in [-0.05, 0) is 35.9 Å². The van der Waals surface area contributed by atoms with E-state index in [2.05, 4.69) is 9.36 Å². The first kappa shape index (κ1) is 11.3. The summed E-state index contributed by atoms with van der Waals surface area (Å²) in [5, 5.41) is 0. The second-order valence-corrected chi connectivity index (χ2v) is 4.45. The minimum Gasteiger partial charge on any atom is -0.293 e. The predicted octanol–water partition coefficient (Wildman–Crippen LogP) is 3.89. The van der Waals surface area contributed by atoms with Gasteiger partial charge in [0.25, 0.3) is 0 Å². The van der Waals surface area contributed by atoms with Gasteiger partial charge >= 0.3 is 6.18 Å². The molecular formula is C9H5F3N2S2. The number of hydrogen-bond acceptors (Lipinski definition) is 3. The molecular weight excluding hydrogens is 257 g/mol. The summed E-state index contributed by atoms with van der Waals surface area (Å²) in [6.45, 7) is 0. The minimum atomic E-state index is -4.31. The number of alkyl halides is 3. The van der Waals surface area contributed by atoms with Crippen LogP contribution in [0.2, 0.25) is 0 Å². The molecule has 1 aromatic heterocycles. The van der Waals surface area contributed by atoms with E-state index in [1.807, 2.05) is 0 Å². The Balaban J connectivity index is 2.36. The van der Waals surface area contributed by atoms with Gasteiger partial charge in [-0.15, -0.1) is 0 Å². The summed E-state index contributed by atoms with van der Waals surface area (Å²) in [5.41, 5.74) is -0.0922. The maximum absolute atomic E-state index is 12.3. The van der Waals surface area contributed by atoms with E-state index in [1.165, 1.54) is 23.7 Å². The summed E-state index contributed by atoms with van der Waals surface area (Å²) in [5.74, 6) is 0.490. The molecule has 0 radical (unpaired) electrons. The van der Waals surface area contributed by atoms with E-state index in [0.29, 0.717) is 15.3 Å². The van der Waals surface area contributed by atoms with Crippen molar-refractivity contribution in [2.24, 2.45) is 0 Å². The van der Waals surface area contributed by atoms with Crippen LogP contribution in [0.3, 0.4) is 0 Å². The summed E-state index contributed by atoms with van der Waals surface area (Å²) in [6, 6.07) is 4.77. The lowest BCUT2D eigenvalue weighted by molar-refractivity contribution is -0.137. The molecule has 0 atom stereocenters. The van der Waals surface area contributed by atoms with Gasteiger partial charge < -0.3 is 0 Å². The molecule has 0 bridgehead atoms. The van der Waals surface area contributed by atoms with E-state index in [-0.39, 0.29) is 0 Å². The van der Waals surface area contributed by atoms with Crippen molar-refractivity contribution in [2.45, 2.75) is 6.18 Å². The third-order valence-corrected chi connectivity index (χ3v) is 2.83. The Morgan fingerprint density at radius 3 is 2.25 bits per heavy atom. The van der Waals surface area contributed by atoms with Crippen LogP contribution in [0.5, 0.6) is 0 Å². The second-order valence-electron chi connectivity index (χ2n) is 3.01. The van der Waals surface area contributed by atoms with Crippen LogP contribution in [0, 0.1) is 3.95 Å². The number of rotatable bonds is 1. The highest BCUT2D eigenvalue weighted by atomic mass is 32.2. The zero-order chi connectivity index (χ0) is 11.8. The zero-order valence-corrected chi connectivity index (χ0v) is 9.34. The molecule has 0 aliphatic carbocycles. The lowest BCUT2D eigenvalue weighted by Crippen LogP contribution is -2.04. The Bertz CT molecular complexity index is 539. The lowest BCUT2D eigenvalue weighted by Gasteiger charge is -2.06. The molecule has 84 valence electrons. The van der Waals surface area contributed by atoms with Crippen LogP contribution in [-0.2, 0) is 6.18 Å². The fraction of sp³-hybridized carbons (Fsp3) is 0.111. The van der Waals surface area contributed by atoms with Crippen LogP contribution >= 0.6 is 23.8 Å². The van der Waals surface area contributed by atoms with E-state index in [4.69, 9.17) is 12.2 Å². The number of benzene rings is 1. The Labute approximate surface area is 97.9 Å². The molecule has 1 heterocycles. The molecule has 2 rings (SSSR count). The number of H-pyrrole nitrogens is 1. The number of aromatic nitrogens is 2. The average molecular weight is 262 g/mol. The summed E-state index contributed by atoms with van der Waals surface area (Å²) in [4.78, 5) is 3.97. The monoisotopic (exact) mass is 262 g/mol. The number of nitrogens with zero attached hydrogens (tertiary/aromatic N) is 1. The van der Waals surface area contributed by atoms with Gasteiger partial charge in [0.1, 0.15) is 5.82 Å². The van der Waals surface area contributed by atoms with E-state index in [1.54, 1.807) is 0 Å². The average Bonchev–Trinajstić information content (AvgIpc) is 2.64. The lowest BCUT2D eigenvalue weighted by atomic mass is 10.1. The van der Waals surface area contributed by atoms with Crippen LogP contribution in [0.1, 0.15) is 5.56 Å². The Morgan fingerprint density at radius 1 is 1.19 bits per heavy atom. The maximum Gasteiger partial charge on any atom is 0.416 e. The summed E-state index contributed by atoms with van der Waals surface area (Å²) in [6.07, 6.45) is -4.31. The van der Waals surface area contributed by atoms with Gasteiger partial charge in [0.05, 0.1) is 5.56 Å². The number of halogens is 3. The van der Waals surface area contributed by atoms with Crippen molar-refractivity contribution in [3.8, 4) is 11.4 Å². The zero-order valence-electron chi connectivity index (χ0n) is 7.71. The molecule has 0 aliphatic heterocycles. The summed E-state index contributed by atoms with van der Waals surface area (Å²) < 4.78 is 40.1. The van der Waals surface area contributed by atoms with Crippen molar-refractivity contribution >= 4 is 23.8 Å². The highest BCUT2D eigenvalue weighted by molar-refractivity contribution is 7.73. The normalized spacial score (nSPS) is 11.7. The van der Waals surface area contributed by atoms with Gasteiger partial charge in [-0.25, -0.2) is 4.98 Å². The Morgan fingerprint density at radius 2 is 1.81 bits per heavy atom. The number of hydrogen-bond donors (Lipinski definition) is 1. The van der Waals surface area contributed by atoms with Gasteiger partial charge in [-0.2, -0.15) is 13.2 Å². The predicted molar refractivity (Wildman–Crippen MR) is 57.7 cm³/mol. The van der Waals surface area contributed by atoms with Crippen molar-refractivity contribution in [3.05, 3.63) is 33.8 Å². The molecule has 0 amide bonds. The van der Waals surface area contributed by atoms with Crippen molar-refractivity contribution < 1.29 is 13.2 Å². The Kier molecular flexibility index (Phi) is 2.81. The standard InChI is InChI=1S/C9H5F3N2S2/c10-9(11,12)6-3-1-5(2-4-6)7-13-8(15)16-14-7/h1-4H,(H,13,14,15). The third kappa shape index (κ3) is 2.30. The minimum absolute atomic E-state index is 0.426. The molecule has 2 aromatic rings. The molecule has 0 saturated carbocycles. The topological polar surface area (TPSA) is 28.7 Å². The Hall–Kier alpha value is -1.21. The summed E-state index contributed by atoms with van der Waals surface area (Å²) >= 11 is 5.98. The molecule has 0 aliphatic rings. The highest BCUT2D eigenvalue weighted by Gasteiger charge is 2.30. The third-order valence-electron chi connectivity index (χ3n) is 1.92. The largest absolute Gasteiger partial charge is 0.416 e. The van der Waals surface area contributed by atoms with Crippen molar-refractivity contribution in [1.29, 1.82) is 0 Å². The quantitative estimate of drug-likeness (QED) is 0.790. The number of nitrogens with one attached hydrogen (secondary N) is 1. The molecule has 0 fully saturated rings. The second kappa shape index (κ2) is 3.99.